The van der Waals surface area contributed by atoms with Crippen molar-refractivity contribution >= 4 is 31.9 Å². The van der Waals surface area contributed by atoms with E-state index < -0.39 is 27.8 Å². The Hall–Kier alpha value is -1.58. The summed E-state index contributed by atoms with van der Waals surface area (Å²) in [5, 5.41) is 8.78. The first-order valence-corrected chi connectivity index (χ1v) is 7.67. The van der Waals surface area contributed by atoms with E-state index >= 15 is 0 Å². The van der Waals surface area contributed by atoms with E-state index in [4.69, 9.17) is 13.9 Å². The van der Waals surface area contributed by atoms with Crippen molar-refractivity contribution in [1.82, 2.24) is 4.72 Å². The molecular formula is C11H10BrNO6S. The molecule has 0 bridgehead atoms. The molecule has 0 spiro atoms. The van der Waals surface area contributed by atoms with Gasteiger partial charge >= 0.3 is 5.97 Å². The van der Waals surface area contributed by atoms with Gasteiger partial charge in [-0.25, -0.2) is 17.9 Å². The highest BCUT2D eigenvalue weighted by Gasteiger charge is 2.27. The maximum absolute atomic E-state index is 12.2. The van der Waals surface area contributed by atoms with Crippen molar-refractivity contribution in [2.75, 3.05) is 0 Å². The highest BCUT2D eigenvalue weighted by Crippen LogP contribution is 2.27. The molecule has 1 atom stereocenters. The van der Waals surface area contributed by atoms with Crippen LogP contribution in [0.1, 0.15) is 29.3 Å². The monoisotopic (exact) mass is 363 g/mol. The summed E-state index contributed by atoms with van der Waals surface area (Å²) in [4.78, 5) is 10.5. The number of hydrogen-bond acceptors (Lipinski definition) is 5. The quantitative estimate of drug-likeness (QED) is 0.843. The van der Waals surface area contributed by atoms with Gasteiger partial charge < -0.3 is 13.9 Å². The Morgan fingerprint density at radius 3 is 2.70 bits per heavy atom. The van der Waals surface area contributed by atoms with E-state index in [0.717, 1.165) is 6.07 Å². The van der Waals surface area contributed by atoms with Gasteiger partial charge in [0, 0.05) is 6.07 Å². The number of furan rings is 2. The topological polar surface area (TPSA) is 110 Å². The average molecular weight is 364 g/mol. The fraction of sp³-hybridized carbons (Fsp3) is 0.182. The standard InChI is InChI=1S/C11H10BrNO6S/c1-6(7-3-2-4-18-7)13-20(16,17)9-5-8(11(14)15)19-10(9)12/h2-6,13H,1H3,(H,14,15)/t6-/m0/s1. The maximum Gasteiger partial charge on any atom is 0.371 e. The number of hydrogen-bond donors (Lipinski definition) is 2. The van der Waals surface area contributed by atoms with Gasteiger partial charge in [0.1, 0.15) is 10.7 Å². The Balaban J connectivity index is 2.29. The SMILES string of the molecule is C[C@H](NS(=O)(=O)c1cc(C(=O)O)oc1Br)c1ccco1. The maximum atomic E-state index is 12.2. The second-order valence-corrected chi connectivity index (χ2v) is 6.31. The summed E-state index contributed by atoms with van der Waals surface area (Å²) < 4.78 is 36.4. The molecule has 108 valence electrons. The zero-order valence-corrected chi connectivity index (χ0v) is 12.6. The largest absolute Gasteiger partial charge is 0.475 e. The van der Waals surface area contributed by atoms with Crippen molar-refractivity contribution in [3.05, 3.63) is 40.7 Å². The molecule has 0 amide bonds. The first-order chi connectivity index (χ1) is 9.31. The molecule has 2 aromatic rings. The lowest BCUT2D eigenvalue weighted by atomic mass is 10.3. The number of carboxylic acids is 1. The van der Waals surface area contributed by atoms with E-state index in [0.29, 0.717) is 5.76 Å². The Morgan fingerprint density at radius 2 is 2.20 bits per heavy atom. The van der Waals surface area contributed by atoms with Crippen LogP contribution in [0.2, 0.25) is 0 Å². The predicted octanol–water partition coefficient (Wildman–Crippen LogP) is 2.37. The second kappa shape index (κ2) is 5.43. The van der Waals surface area contributed by atoms with E-state index in [9.17, 15) is 13.2 Å². The Bertz CT molecular complexity index is 718. The van der Waals surface area contributed by atoms with Crippen LogP contribution in [0, 0.1) is 0 Å². The highest BCUT2D eigenvalue weighted by molar-refractivity contribution is 9.10. The third kappa shape index (κ3) is 2.94. The van der Waals surface area contributed by atoms with Gasteiger partial charge in [-0.15, -0.1) is 0 Å². The van der Waals surface area contributed by atoms with Crippen molar-refractivity contribution < 1.29 is 27.2 Å². The number of carbonyl (C=O) groups is 1. The third-order valence-electron chi connectivity index (χ3n) is 2.46. The van der Waals surface area contributed by atoms with Gasteiger partial charge in [-0.1, -0.05) is 0 Å². The van der Waals surface area contributed by atoms with Crippen molar-refractivity contribution in [3.63, 3.8) is 0 Å². The summed E-state index contributed by atoms with van der Waals surface area (Å²) in [6, 6.07) is 3.59. The summed E-state index contributed by atoms with van der Waals surface area (Å²) >= 11 is 2.89. The molecule has 2 N–H and O–H groups in total. The Kier molecular flexibility index (Phi) is 4.02. The van der Waals surface area contributed by atoms with Crippen molar-refractivity contribution in [2.24, 2.45) is 0 Å². The number of carboxylic acid groups (broad SMARTS) is 1. The first-order valence-electron chi connectivity index (χ1n) is 5.39. The summed E-state index contributed by atoms with van der Waals surface area (Å²) in [5.74, 6) is -1.39. The fourth-order valence-corrected chi connectivity index (χ4v) is 3.68. The van der Waals surface area contributed by atoms with E-state index in [1.165, 1.54) is 6.26 Å². The van der Waals surface area contributed by atoms with E-state index in [1.807, 2.05) is 0 Å². The van der Waals surface area contributed by atoms with Gasteiger partial charge in [0.05, 0.1) is 12.3 Å². The number of sulfonamides is 1. The van der Waals surface area contributed by atoms with Gasteiger partial charge in [0.2, 0.25) is 15.8 Å². The van der Waals surface area contributed by atoms with Gasteiger partial charge in [-0.2, -0.15) is 0 Å². The molecule has 0 aliphatic rings. The lowest BCUT2D eigenvalue weighted by Gasteiger charge is -2.10. The van der Waals surface area contributed by atoms with Crippen LogP contribution in [0.3, 0.4) is 0 Å². The molecule has 0 aromatic carbocycles. The smallest absolute Gasteiger partial charge is 0.371 e. The number of nitrogens with one attached hydrogen (secondary N) is 1. The lowest BCUT2D eigenvalue weighted by molar-refractivity contribution is 0.0661. The molecule has 2 rings (SSSR count). The minimum absolute atomic E-state index is 0.172. The molecule has 0 aliphatic carbocycles. The Morgan fingerprint density at radius 1 is 1.50 bits per heavy atom. The van der Waals surface area contributed by atoms with Gasteiger partial charge in [0.15, 0.2) is 4.67 Å². The van der Waals surface area contributed by atoms with Crippen LogP contribution in [-0.2, 0) is 10.0 Å². The van der Waals surface area contributed by atoms with Crippen LogP contribution >= 0.6 is 15.9 Å². The first kappa shape index (κ1) is 14.8. The molecule has 20 heavy (non-hydrogen) atoms. The normalized spacial score (nSPS) is 13.3. The van der Waals surface area contributed by atoms with Crippen LogP contribution in [0.25, 0.3) is 0 Å². The van der Waals surface area contributed by atoms with Crippen LogP contribution in [0.4, 0.5) is 0 Å². The highest BCUT2D eigenvalue weighted by atomic mass is 79.9. The van der Waals surface area contributed by atoms with Crippen LogP contribution in [0.5, 0.6) is 0 Å². The molecular weight excluding hydrogens is 354 g/mol. The molecule has 9 heteroatoms. The van der Waals surface area contributed by atoms with Gasteiger partial charge in [-0.3, -0.25) is 0 Å². The lowest BCUT2D eigenvalue weighted by Crippen LogP contribution is -2.26. The second-order valence-electron chi connectivity index (χ2n) is 3.91. The number of aromatic carboxylic acids is 1. The van der Waals surface area contributed by atoms with Crippen molar-refractivity contribution in [2.45, 2.75) is 17.9 Å². The Labute approximate surface area is 122 Å². The van der Waals surface area contributed by atoms with Crippen molar-refractivity contribution in [1.29, 1.82) is 0 Å². The number of halogens is 1. The summed E-state index contributed by atoms with van der Waals surface area (Å²) in [6.07, 6.45) is 1.43. The molecule has 2 heterocycles. The molecule has 7 nitrogen and oxygen atoms in total. The molecule has 0 radical (unpaired) electrons. The van der Waals surface area contributed by atoms with Crippen LogP contribution in [0.15, 0.2) is 42.9 Å². The van der Waals surface area contributed by atoms with Gasteiger partial charge in [0.25, 0.3) is 0 Å². The average Bonchev–Trinajstić information content (AvgIpc) is 2.96. The minimum Gasteiger partial charge on any atom is -0.475 e. The summed E-state index contributed by atoms with van der Waals surface area (Å²) in [7, 11) is -3.94. The van der Waals surface area contributed by atoms with Gasteiger partial charge in [-0.05, 0) is 35.0 Å². The predicted molar refractivity (Wildman–Crippen MR) is 70.8 cm³/mol. The van der Waals surface area contributed by atoms with Crippen molar-refractivity contribution in [3.8, 4) is 0 Å². The summed E-state index contributed by atoms with van der Waals surface area (Å²) in [5.41, 5.74) is 0. The minimum atomic E-state index is -3.94. The van der Waals surface area contributed by atoms with Crippen LogP contribution in [-0.4, -0.2) is 19.5 Å². The molecule has 0 fully saturated rings. The summed E-state index contributed by atoms with van der Waals surface area (Å²) in [6.45, 7) is 1.60. The third-order valence-corrected chi connectivity index (χ3v) is 4.86. The van der Waals surface area contributed by atoms with E-state index in [1.54, 1.807) is 19.1 Å². The van der Waals surface area contributed by atoms with E-state index in [2.05, 4.69) is 20.7 Å². The number of rotatable bonds is 5. The molecule has 2 aromatic heterocycles. The molecule has 0 unspecified atom stereocenters. The van der Waals surface area contributed by atoms with E-state index in [-0.39, 0.29) is 9.56 Å². The zero-order chi connectivity index (χ0) is 14.9. The van der Waals surface area contributed by atoms with Crippen LogP contribution < -0.4 is 4.72 Å². The molecule has 0 saturated heterocycles. The fourth-order valence-electron chi connectivity index (χ4n) is 1.53. The molecule has 0 aliphatic heterocycles. The molecule has 0 saturated carbocycles. The zero-order valence-electron chi connectivity index (χ0n) is 10.2.